The highest BCUT2D eigenvalue weighted by Crippen LogP contribution is 2.29. The van der Waals surface area contributed by atoms with E-state index in [0.29, 0.717) is 18.5 Å². The smallest absolute Gasteiger partial charge is 0.228 e. The van der Waals surface area contributed by atoms with Crippen LogP contribution in [0.3, 0.4) is 0 Å². The third-order valence-corrected chi connectivity index (χ3v) is 5.51. The Kier molecular flexibility index (Phi) is 3.81. The predicted molar refractivity (Wildman–Crippen MR) is 90.2 cm³/mol. The first-order valence-electron chi connectivity index (χ1n) is 8.66. The maximum absolute atomic E-state index is 12.9. The molecule has 23 heavy (non-hydrogen) atoms. The average molecular weight is 312 g/mol. The number of aromatic nitrogens is 2. The topological polar surface area (TPSA) is 52.2 Å². The lowest BCUT2D eigenvalue weighted by Gasteiger charge is -2.33. The van der Waals surface area contributed by atoms with E-state index < -0.39 is 0 Å². The van der Waals surface area contributed by atoms with Crippen molar-refractivity contribution in [2.75, 3.05) is 20.1 Å². The van der Waals surface area contributed by atoms with Crippen molar-refractivity contribution in [1.82, 2.24) is 20.0 Å². The first-order chi connectivity index (χ1) is 11.2. The molecule has 2 aliphatic heterocycles. The quantitative estimate of drug-likeness (QED) is 0.945. The molecule has 0 aliphatic carbocycles. The van der Waals surface area contributed by atoms with Crippen molar-refractivity contribution >= 4 is 16.8 Å². The number of aromatic amines is 1. The van der Waals surface area contributed by atoms with Crippen molar-refractivity contribution in [3.8, 4) is 0 Å². The van der Waals surface area contributed by atoms with Gasteiger partial charge in [-0.25, -0.2) is 0 Å². The molecule has 4 rings (SSSR count). The van der Waals surface area contributed by atoms with Crippen molar-refractivity contribution < 1.29 is 4.79 Å². The van der Waals surface area contributed by atoms with Crippen LogP contribution >= 0.6 is 0 Å². The summed E-state index contributed by atoms with van der Waals surface area (Å²) < 4.78 is 0. The Morgan fingerprint density at radius 1 is 1.22 bits per heavy atom. The van der Waals surface area contributed by atoms with Gasteiger partial charge in [-0.15, -0.1) is 0 Å². The van der Waals surface area contributed by atoms with E-state index in [9.17, 15) is 4.79 Å². The zero-order chi connectivity index (χ0) is 15.8. The van der Waals surface area contributed by atoms with Gasteiger partial charge in [0.1, 0.15) is 0 Å². The number of hydrogen-bond acceptors (Lipinski definition) is 3. The molecule has 0 spiro atoms. The average Bonchev–Trinajstić information content (AvgIpc) is 3.27. The second kappa shape index (κ2) is 5.96. The van der Waals surface area contributed by atoms with Crippen LogP contribution in [-0.4, -0.2) is 58.1 Å². The molecular formula is C18H24N4O. The van der Waals surface area contributed by atoms with E-state index in [1.807, 2.05) is 24.3 Å². The second-order valence-electron chi connectivity index (χ2n) is 6.88. The largest absolute Gasteiger partial charge is 0.338 e. The SMILES string of the molecule is CN1CCC[C@@H]1[C@H]1CCCN1C(=O)Cc1[nH]nc2ccccc12. The minimum absolute atomic E-state index is 0.238. The van der Waals surface area contributed by atoms with E-state index in [-0.39, 0.29) is 5.91 Å². The molecule has 0 bridgehead atoms. The molecule has 0 radical (unpaired) electrons. The van der Waals surface area contributed by atoms with Crippen LogP contribution in [0.2, 0.25) is 0 Å². The predicted octanol–water partition coefficient (Wildman–Crippen LogP) is 2.19. The molecule has 122 valence electrons. The van der Waals surface area contributed by atoms with Gasteiger partial charge < -0.3 is 9.80 Å². The Morgan fingerprint density at radius 3 is 2.83 bits per heavy atom. The molecule has 2 atom stereocenters. The van der Waals surface area contributed by atoms with Crippen LogP contribution in [0.25, 0.3) is 10.9 Å². The summed E-state index contributed by atoms with van der Waals surface area (Å²) in [6, 6.07) is 8.92. The summed E-state index contributed by atoms with van der Waals surface area (Å²) in [6.07, 6.45) is 5.17. The number of nitrogens with one attached hydrogen (secondary N) is 1. The Morgan fingerprint density at radius 2 is 2.00 bits per heavy atom. The van der Waals surface area contributed by atoms with E-state index in [0.717, 1.165) is 42.5 Å². The fourth-order valence-electron chi connectivity index (χ4n) is 4.33. The molecule has 1 amide bonds. The minimum atomic E-state index is 0.238. The van der Waals surface area contributed by atoms with Gasteiger partial charge in [-0.05, 0) is 45.3 Å². The number of hydrogen-bond donors (Lipinski definition) is 1. The molecule has 3 heterocycles. The first kappa shape index (κ1) is 14.7. The fraction of sp³-hybridized carbons (Fsp3) is 0.556. The highest BCUT2D eigenvalue weighted by Gasteiger charge is 2.38. The van der Waals surface area contributed by atoms with Gasteiger partial charge in [-0.2, -0.15) is 5.10 Å². The van der Waals surface area contributed by atoms with E-state index in [2.05, 4.69) is 27.0 Å². The minimum Gasteiger partial charge on any atom is -0.338 e. The van der Waals surface area contributed by atoms with Crippen molar-refractivity contribution in [3.63, 3.8) is 0 Å². The normalized spacial score (nSPS) is 25.5. The number of rotatable bonds is 3. The molecule has 2 saturated heterocycles. The van der Waals surface area contributed by atoms with E-state index in [4.69, 9.17) is 0 Å². The third-order valence-electron chi connectivity index (χ3n) is 5.51. The second-order valence-corrected chi connectivity index (χ2v) is 6.88. The van der Waals surface area contributed by atoms with Gasteiger partial charge in [-0.3, -0.25) is 9.89 Å². The number of carbonyl (C=O) groups excluding carboxylic acids is 1. The summed E-state index contributed by atoms with van der Waals surface area (Å²) in [7, 11) is 2.20. The lowest BCUT2D eigenvalue weighted by Crippen LogP contribution is -2.47. The highest BCUT2D eigenvalue weighted by molar-refractivity contribution is 5.87. The number of fused-ring (bicyclic) bond motifs is 1. The number of nitrogens with zero attached hydrogens (tertiary/aromatic N) is 3. The van der Waals surface area contributed by atoms with Crippen LogP contribution in [0.15, 0.2) is 24.3 Å². The number of carbonyl (C=O) groups is 1. The Balaban J connectivity index is 1.52. The van der Waals surface area contributed by atoms with E-state index >= 15 is 0 Å². The van der Waals surface area contributed by atoms with Crippen LogP contribution in [0.4, 0.5) is 0 Å². The molecule has 5 heteroatoms. The number of likely N-dealkylation sites (tertiary alicyclic amines) is 2. The monoisotopic (exact) mass is 312 g/mol. The van der Waals surface area contributed by atoms with Crippen LogP contribution in [0.1, 0.15) is 31.4 Å². The molecule has 2 aliphatic rings. The summed E-state index contributed by atoms with van der Waals surface area (Å²) >= 11 is 0. The van der Waals surface area contributed by atoms with Crippen molar-refractivity contribution in [2.45, 2.75) is 44.2 Å². The molecule has 0 saturated carbocycles. The summed E-state index contributed by atoms with van der Waals surface area (Å²) in [5, 5.41) is 8.42. The van der Waals surface area contributed by atoms with Gasteiger partial charge in [-0.1, -0.05) is 18.2 Å². The molecular weight excluding hydrogens is 288 g/mol. The number of H-pyrrole nitrogens is 1. The Labute approximate surface area is 136 Å². The van der Waals surface area contributed by atoms with Crippen molar-refractivity contribution in [3.05, 3.63) is 30.0 Å². The lowest BCUT2D eigenvalue weighted by atomic mass is 10.0. The Bertz CT molecular complexity index is 710. The van der Waals surface area contributed by atoms with Gasteiger partial charge in [0.25, 0.3) is 0 Å². The number of benzene rings is 1. The Hall–Kier alpha value is -1.88. The van der Waals surface area contributed by atoms with Crippen LogP contribution in [-0.2, 0) is 11.2 Å². The van der Waals surface area contributed by atoms with Crippen LogP contribution < -0.4 is 0 Å². The highest BCUT2D eigenvalue weighted by atomic mass is 16.2. The molecule has 1 aromatic carbocycles. The van der Waals surface area contributed by atoms with E-state index in [1.54, 1.807) is 0 Å². The van der Waals surface area contributed by atoms with Gasteiger partial charge in [0, 0.05) is 24.0 Å². The number of amides is 1. The zero-order valence-electron chi connectivity index (χ0n) is 13.7. The van der Waals surface area contributed by atoms with E-state index in [1.165, 1.54) is 12.8 Å². The first-order valence-corrected chi connectivity index (χ1v) is 8.66. The van der Waals surface area contributed by atoms with Crippen molar-refractivity contribution in [2.24, 2.45) is 0 Å². The number of para-hydroxylation sites is 1. The van der Waals surface area contributed by atoms with Gasteiger partial charge in [0.05, 0.1) is 17.6 Å². The molecule has 1 aromatic heterocycles. The molecule has 0 unspecified atom stereocenters. The zero-order valence-corrected chi connectivity index (χ0v) is 13.7. The maximum atomic E-state index is 12.9. The molecule has 1 N–H and O–H groups in total. The maximum Gasteiger partial charge on any atom is 0.228 e. The standard InChI is InChI=1S/C18H24N4O/c1-21-10-4-8-16(21)17-9-5-11-22(17)18(23)12-15-13-6-2-3-7-14(13)19-20-15/h2-3,6-7,16-17H,4-5,8-12H2,1H3,(H,19,20)/t16-,17-/m1/s1. The van der Waals surface area contributed by atoms with Crippen LogP contribution in [0, 0.1) is 0 Å². The summed E-state index contributed by atoms with van der Waals surface area (Å²) in [5.74, 6) is 0.238. The van der Waals surface area contributed by atoms with Gasteiger partial charge in [0.15, 0.2) is 0 Å². The van der Waals surface area contributed by atoms with Gasteiger partial charge >= 0.3 is 0 Å². The summed E-state index contributed by atoms with van der Waals surface area (Å²) in [4.78, 5) is 17.4. The summed E-state index contributed by atoms with van der Waals surface area (Å²) in [6.45, 7) is 2.06. The molecule has 2 fully saturated rings. The third kappa shape index (κ3) is 2.63. The van der Waals surface area contributed by atoms with Gasteiger partial charge in [0.2, 0.25) is 5.91 Å². The molecule has 5 nitrogen and oxygen atoms in total. The summed E-state index contributed by atoms with van der Waals surface area (Å²) in [5.41, 5.74) is 1.87. The molecule has 2 aromatic rings. The van der Waals surface area contributed by atoms with Crippen molar-refractivity contribution in [1.29, 1.82) is 0 Å². The number of likely N-dealkylation sites (N-methyl/N-ethyl adjacent to an activating group) is 1. The lowest BCUT2D eigenvalue weighted by molar-refractivity contribution is -0.132. The fourth-order valence-corrected chi connectivity index (χ4v) is 4.33. The van der Waals surface area contributed by atoms with Crippen LogP contribution in [0.5, 0.6) is 0 Å².